The molecule has 1 heterocycles. The molecule has 2 rings (SSSR count). The van der Waals surface area contributed by atoms with E-state index in [1.807, 2.05) is 32.2 Å². The maximum Gasteiger partial charge on any atom is 0.0903 e. The highest BCUT2D eigenvalue weighted by atomic mass is 35.5. The molecule has 2 aromatic rings. The first kappa shape index (κ1) is 12.6. The first-order chi connectivity index (χ1) is 8.20. The summed E-state index contributed by atoms with van der Waals surface area (Å²) >= 11 is 7.76. The molecule has 0 saturated carbocycles. The second kappa shape index (κ2) is 5.63. The van der Waals surface area contributed by atoms with Crippen molar-refractivity contribution in [1.29, 1.82) is 0 Å². The minimum Gasteiger partial charge on any atom is -0.319 e. The molecule has 1 N–H and O–H groups in total. The van der Waals surface area contributed by atoms with Crippen LogP contribution in [-0.2, 0) is 6.42 Å². The predicted molar refractivity (Wildman–Crippen MR) is 74.9 cm³/mol. The quantitative estimate of drug-likeness (QED) is 0.916. The van der Waals surface area contributed by atoms with E-state index in [4.69, 9.17) is 11.6 Å². The first-order valence-corrected chi connectivity index (χ1v) is 6.77. The van der Waals surface area contributed by atoms with Crippen LogP contribution >= 0.6 is 22.9 Å². The Hall–Kier alpha value is -0.900. The zero-order chi connectivity index (χ0) is 12.3. The van der Waals surface area contributed by atoms with Crippen LogP contribution in [-0.4, -0.2) is 18.6 Å². The number of thiazole rings is 1. The summed E-state index contributed by atoms with van der Waals surface area (Å²) < 4.78 is 0. The van der Waals surface area contributed by atoms with E-state index in [0.29, 0.717) is 0 Å². The molecule has 0 aliphatic carbocycles. The van der Waals surface area contributed by atoms with Gasteiger partial charge in [0.15, 0.2) is 0 Å². The van der Waals surface area contributed by atoms with Gasteiger partial charge in [0.2, 0.25) is 0 Å². The third-order valence-corrected chi connectivity index (χ3v) is 3.80. The van der Waals surface area contributed by atoms with Gasteiger partial charge in [-0.25, -0.2) is 4.98 Å². The number of nitrogens with zero attached hydrogens (tertiary/aromatic N) is 1. The summed E-state index contributed by atoms with van der Waals surface area (Å²) in [5.41, 5.74) is 2.32. The van der Waals surface area contributed by atoms with Gasteiger partial charge in [0.05, 0.1) is 15.6 Å². The van der Waals surface area contributed by atoms with Gasteiger partial charge < -0.3 is 5.32 Å². The average molecular weight is 267 g/mol. The minimum absolute atomic E-state index is 0.771. The van der Waals surface area contributed by atoms with Gasteiger partial charge in [-0.15, -0.1) is 11.3 Å². The van der Waals surface area contributed by atoms with Crippen LogP contribution in [0.15, 0.2) is 24.3 Å². The van der Waals surface area contributed by atoms with Crippen LogP contribution in [0.1, 0.15) is 10.7 Å². The molecule has 4 heteroatoms. The molecular formula is C13H15ClN2S. The fourth-order valence-electron chi connectivity index (χ4n) is 1.74. The van der Waals surface area contributed by atoms with Gasteiger partial charge in [-0.2, -0.15) is 0 Å². The molecule has 0 radical (unpaired) electrons. The highest BCUT2D eigenvalue weighted by molar-refractivity contribution is 7.15. The minimum atomic E-state index is 0.771. The van der Waals surface area contributed by atoms with Crippen LogP contribution in [0.3, 0.4) is 0 Å². The van der Waals surface area contributed by atoms with Crippen molar-refractivity contribution in [2.75, 3.05) is 13.6 Å². The first-order valence-electron chi connectivity index (χ1n) is 5.57. The Morgan fingerprint density at radius 1 is 1.41 bits per heavy atom. The highest BCUT2D eigenvalue weighted by Crippen LogP contribution is 2.31. The zero-order valence-electron chi connectivity index (χ0n) is 9.96. The molecule has 90 valence electrons. The second-order valence-electron chi connectivity index (χ2n) is 3.87. The number of likely N-dealkylation sites (N-methyl/N-ethyl adjacent to an activating group) is 1. The number of aryl methyl sites for hydroxylation is 1. The Labute approximate surface area is 111 Å². The Morgan fingerprint density at radius 3 is 2.94 bits per heavy atom. The van der Waals surface area contributed by atoms with E-state index in [1.54, 1.807) is 11.3 Å². The van der Waals surface area contributed by atoms with Gasteiger partial charge >= 0.3 is 0 Å². The SMILES string of the molecule is CNCCc1nc(C)sc1-c1cccc(Cl)c1. The van der Waals surface area contributed by atoms with E-state index in [-0.39, 0.29) is 0 Å². The normalized spacial score (nSPS) is 10.8. The fraction of sp³-hybridized carbons (Fsp3) is 0.308. The van der Waals surface area contributed by atoms with E-state index in [2.05, 4.69) is 16.4 Å². The molecule has 0 fully saturated rings. The summed E-state index contributed by atoms with van der Waals surface area (Å²) in [6.07, 6.45) is 0.947. The van der Waals surface area contributed by atoms with Crippen LogP contribution in [0.4, 0.5) is 0 Å². The van der Waals surface area contributed by atoms with Crippen molar-refractivity contribution in [3.63, 3.8) is 0 Å². The van der Waals surface area contributed by atoms with Crippen LogP contribution in [0.2, 0.25) is 5.02 Å². The standard InChI is InChI=1S/C13H15ClN2S/c1-9-16-12(6-7-15-2)13(17-9)10-4-3-5-11(14)8-10/h3-5,8,15H,6-7H2,1-2H3. The molecule has 0 spiro atoms. The second-order valence-corrected chi connectivity index (χ2v) is 5.51. The van der Waals surface area contributed by atoms with Crippen LogP contribution in [0.25, 0.3) is 10.4 Å². The molecule has 2 nitrogen and oxygen atoms in total. The van der Waals surface area contributed by atoms with Crippen molar-refractivity contribution < 1.29 is 0 Å². The van der Waals surface area contributed by atoms with Crippen molar-refractivity contribution in [1.82, 2.24) is 10.3 Å². The van der Waals surface area contributed by atoms with E-state index in [0.717, 1.165) is 34.3 Å². The topological polar surface area (TPSA) is 24.9 Å². The van der Waals surface area contributed by atoms with Crippen LogP contribution < -0.4 is 5.32 Å². The van der Waals surface area contributed by atoms with E-state index in [1.165, 1.54) is 4.88 Å². The molecule has 0 saturated heterocycles. The molecule has 17 heavy (non-hydrogen) atoms. The van der Waals surface area contributed by atoms with Crippen molar-refractivity contribution in [3.05, 3.63) is 40.0 Å². The number of nitrogens with one attached hydrogen (secondary N) is 1. The van der Waals surface area contributed by atoms with Crippen molar-refractivity contribution in [3.8, 4) is 10.4 Å². The molecule has 0 aliphatic heterocycles. The Balaban J connectivity index is 2.37. The van der Waals surface area contributed by atoms with E-state index in [9.17, 15) is 0 Å². The van der Waals surface area contributed by atoms with Crippen molar-refractivity contribution in [2.24, 2.45) is 0 Å². The third-order valence-electron chi connectivity index (χ3n) is 2.50. The lowest BCUT2D eigenvalue weighted by Crippen LogP contribution is -2.10. The zero-order valence-corrected chi connectivity index (χ0v) is 11.5. The van der Waals surface area contributed by atoms with Gasteiger partial charge in [0, 0.05) is 18.0 Å². The van der Waals surface area contributed by atoms with E-state index >= 15 is 0 Å². The number of halogens is 1. The monoisotopic (exact) mass is 266 g/mol. The van der Waals surface area contributed by atoms with Gasteiger partial charge in [-0.05, 0) is 31.7 Å². The number of rotatable bonds is 4. The van der Waals surface area contributed by atoms with Gasteiger partial charge in [-0.3, -0.25) is 0 Å². The molecule has 0 aliphatic rings. The third kappa shape index (κ3) is 3.06. The highest BCUT2D eigenvalue weighted by Gasteiger charge is 2.10. The van der Waals surface area contributed by atoms with Gasteiger partial charge in [0.1, 0.15) is 0 Å². The largest absolute Gasteiger partial charge is 0.319 e. The smallest absolute Gasteiger partial charge is 0.0903 e. The van der Waals surface area contributed by atoms with Crippen molar-refractivity contribution in [2.45, 2.75) is 13.3 Å². The molecule has 0 atom stereocenters. The van der Waals surface area contributed by atoms with Gasteiger partial charge in [0.25, 0.3) is 0 Å². The fourth-order valence-corrected chi connectivity index (χ4v) is 2.89. The predicted octanol–water partition coefficient (Wildman–Crippen LogP) is 3.53. The molecule has 0 bridgehead atoms. The summed E-state index contributed by atoms with van der Waals surface area (Å²) in [6.45, 7) is 2.98. The lowest BCUT2D eigenvalue weighted by molar-refractivity contribution is 0.779. The number of hydrogen-bond donors (Lipinski definition) is 1. The maximum absolute atomic E-state index is 6.03. The Bertz CT molecular complexity index is 508. The van der Waals surface area contributed by atoms with E-state index < -0.39 is 0 Å². The Morgan fingerprint density at radius 2 is 2.24 bits per heavy atom. The van der Waals surface area contributed by atoms with Crippen LogP contribution in [0, 0.1) is 6.92 Å². The molecular weight excluding hydrogens is 252 g/mol. The lowest BCUT2D eigenvalue weighted by atomic mass is 10.1. The van der Waals surface area contributed by atoms with Gasteiger partial charge in [-0.1, -0.05) is 23.7 Å². The summed E-state index contributed by atoms with van der Waals surface area (Å²) in [5.74, 6) is 0. The molecule has 0 unspecified atom stereocenters. The molecule has 1 aromatic carbocycles. The Kier molecular flexibility index (Phi) is 4.15. The number of hydrogen-bond acceptors (Lipinski definition) is 3. The summed E-state index contributed by atoms with van der Waals surface area (Å²) in [7, 11) is 1.96. The summed E-state index contributed by atoms with van der Waals surface area (Å²) in [6, 6.07) is 7.96. The summed E-state index contributed by atoms with van der Waals surface area (Å²) in [5, 5.41) is 5.03. The molecule has 1 aromatic heterocycles. The lowest BCUT2D eigenvalue weighted by Gasteiger charge is -2.02. The van der Waals surface area contributed by atoms with Crippen LogP contribution in [0.5, 0.6) is 0 Å². The van der Waals surface area contributed by atoms with Crippen molar-refractivity contribution >= 4 is 22.9 Å². The number of benzene rings is 1. The average Bonchev–Trinajstić information content (AvgIpc) is 2.68. The number of aromatic nitrogens is 1. The summed E-state index contributed by atoms with van der Waals surface area (Å²) in [4.78, 5) is 5.83. The maximum atomic E-state index is 6.03. The molecule has 0 amide bonds.